The molecule has 0 saturated carbocycles. The number of rotatable bonds is 0. The van der Waals surface area contributed by atoms with Crippen molar-refractivity contribution in [1.29, 1.82) is 0 Å². The molecule has 0 atom stereocenters. The van der Waals surface area contributed by atoms with E-state index in [2.05, 4.69) is 10.2 Å². The van der Waals surface area contributed by atoms with Gasteiger partial charge < -0.3 is 0 Å². The molecule has 2 nitrogen and oxygen atoms in total. The minimum absolute atomic E-state index is 0.820. The van der Waals surface area contributed by atoms with E-state index in [1.54, 1.807) is 12.4 Å². The van der Waals surface area contributed by atoms with Crippen molar-refractivity contribution in [2.75, 3.05) is 0 Å². The highest BCUT2D eigenvalue weighted by Gasteiger charge is 2.04. The summed E-state index contributed by atoms with van der Waals surface area (Å²) in [6.07, 6.45) is 3.50. The smallest absolute Gasteiger partial charge is 0.0577 e. The zero-order chi connectivity index (χ0) is 9.42. The molecule has 2 rings (SSSR count). The van der Waals surface area contributed by atoms with Crippen LogP contribution in [0, 0.1) is 13.8 Å². The number of nitrogens with zero attached hydrogens (tertiary/aromatic N) is 2. The van der Waals surface area contributed by atoms with E-state index in [1.807, 2.05) is 19.9 Å². The van der Waals surface area contributed by atoms with Gasteiger partial charge in [0.15, 0.2) is 0 Å². The molecule has 13 heavy (non-hydrogen) atoms. The molecule has 0 amide bonds. The summed E-state index contributed by atoms with van der Waals surface area (Å²) in [5, 5.41) is 10.7. The predicted octanol–water partition coefficient (Wildman–Crippen LogP) is 2.90. The van der Waals surface area contributed by atoms with Crippen molar-refractivity contribution in [3.63, 3.8) is 0 Å². The van der Waals surface area contributed by atoms with Crippen LogP contribution in [0.5, 0.6) is 0 Å². The second-order valence-corrected chi connectivity index (χ2v) is 3.50. The van der Waals surface area contributed by atoms with Gasteiger partial charge in [-0.05, 0) is 31.0 Å². The average molecular weight is 193 g/mol. The Bertz CT molecular complexity index is 466. The molecule has 0 radical (unpaired) electrons. The zero-order valence-corrected chi connectivity index (χ0v) is 8.26. The zero-order valence-electron chi connectivity index (χ0n) is 7.50. The van der Waals surface area contributed by atoms with Crippen LogP contribution in [0.25, 0.3) is 10.8 Å². The van der Waals surface area contributed by atoms with Crippen molar-refractivity contribution < 1.29 is 0 Å². The van der Waals surface area contributed by atoms with E-state index in [9.17, 15) is 0 Å². The minimum atomic E-state index is 0.820. The summed E-state index contributed by atoms with van der Waals surface area (Å²) in [5.74, 6) is 0. The second-order valence-electron chi connectivity index (χ2n) is 3.12. The van der Waals surface area contributed by atoms with Crippen LogP contribution in [0.3, 0.4) is 0 Å². The lowest BCUT2D eigenvalue weighted by molar-refractivity contribution is 1.05. The van der Waals surface area contributed by atoms with Gasteiger partial charge in [-0.25, -0.2) is 0 Å². The van der Waals surface area contributed by atoms with Crippen LogP contribution >= 0.6 is 11.6 Å². The Morgan fingerprint density at radius 3 is 2.62 bits per heavy atom. The molecule has 0 unspecified atom stereocenters. The molecule has 0 N–H and O–H groups in total. The second kappa shape index (κ2) is 2.96. The molecular formula is C10H9ClN2. The highest BCUT2D eigenvalue weighted by atomic mass is 35.5. The lowest BCUT2D eigenvalue weighted by Gasteiger charge is -2.05. The number of hydrogen-bond acceptors (Lipinski definition) is 2. The Labute approximate surface area is 81.6 Å². The molecular weight excluding hydrogens is 184 g/mol. The van der Waals surface area contributed by atoms with E-state index in [1.165, 1.54) is 0 Å². The number of benzene rings is 1. The van der Waals surface area contributed by atoms with Crippen LogP contribution in [0.15, 0.2) is 18.5 Å². The maximum Gasteiger partial charge on any atom is 0.0577 e. The maximum atomic E-state index is 6.11. The van der Waals surface area contributed by atoms with Gasteiger partial charge in [-0.1, -0.05) is 11.6 Å². The monoisotopic (exact) mass is 192 g/mol. The summed E-state index contributed by atoms with van der Waals surface area (Å²) in [6, 6.07) is 2.03. The van der Waals surface area contributed by atoms with Gasteiger partial charge in [0.25, 0.3) is 0 Å². The van der Waals surface area contributed by atoms with Crippen LogP contribution in [0.1, 0.15) is 11.1 Å². The molecule has 1 aromatic heterocycles. The third-order valence-corrected chi connectivity index (χ3v) is 2.79. The van der Waals surface area contributed by atoms with Crippen LogP contribution in [0.4, 0.5) is 0 Å². The SMILES string of the molecule is Cc1cc2cnncc2c(C)c1Cl. The van der Waals surface area contributed by atoms with Crippen molar-refractivity contribution in [2.24, 2.45) is 0 Å². The van der Waals surface area contributed by atoms with Crippen molar-refractivity contribution >= 4 is 22.4 Å². The number of aryl methyl sites for hydroxylation is 2. The number of aromatic nitrogens is 2. The van der Waals surface area contributed by atoms with Crippen molar-refractivity contribution in [3.05, 3.63) is 34.6 Å². The number of halogens is 1. The Morgan fingerprint density at radius 2 is 1.85 bits per heavy atom. The van der Waals surface area contributed by atoms with E-state index < -0.39 is 0 Å². The Morgan fingerprint density at radius 1 is 1.15 bits per heavy atom. The highest BCUT2D eigenvalue weighted by molar-refractivity contribution is 6.33. The van der Waals surface area contributed by atoms with Gasteiger partial charge in [-0.15, -0.1) is 0 Å². The van der Waals surface area contributed by atoms with Crippen molar-refractivity contribution in [3.8, 4) is 0 Å². The van der Waals surface area contributed by atoms with Gasteiger partial charge >= 0.3 is 0 Å². The maximum absolute atomic E-state index is 6.11. The number of fused-ring (bicyclic) bond motifs is 1. The van der Waals surface area contributed by atoms with Gasteiger partial charge in [0.2, 0.25) is 0 Å². The van der Waals surface area contributed by atoms with E-state index >= 15 is 0 Å². The summed E-state index contributed by atoms with van der Waals surface area (Å²) in [6.45, 7) is 3.99. The van der Waals surface area contributed by atoms with Gasteiger partial charge in [-0.3, -0.25) is 0 Å². The Balaban J connectivity index is 2.94. The summed E-state index contributed by atoms with van der Waals surface area (Å²) in [7, 11) is 0. The predicted molar refractivity (Wildman–Crippen MR) is 54.0 cm³/mol. The molecule has 0 spiro atoms. The van der Waals surface area contributed by atoms with Gasteiger partial charge in [-0.2, -0.15) is 10.2 Å². The van der Waals surface area contributed by atoms with Gasteiger partial charge in [0, 0.05) is 15.8 Å². The fraction of sp³-hybridized carbons (Fsp3) is 0.200. The first-order valence-electron chi connectivity index (χ1n) is 4.06. The first kappa shape index (κ1) is 8.45. The molecule has 3 heteroatoms. The Hall–Kier alpha value is -1.15. The van der Waals surface area contributed by atoms with Crippen LogP contribution in [0.2, 0.25) is 5.02 Å². The Kier molecular flexibility index (Phi) is 1.93. The minimum Gasteiger partial charge on any atom is -0.158 e. The lowest BCUT2D eigenvalue weighted by Crippen LogP contribution is -1.87. The molecule has 0 aliphatic carbocycles. The summed E-state index contributed by atoms with van der Waals surface area (Å²) < 4.78 is 0. The van der Waals surface area contributed by atoms with Crippen molar-refractivity contribution in [2.45, 2.75) is 13.8 Å². The molecule has 0 fully saturated rings. The van der Waals surface area contributed by atoms with E-state index in [4.69, 9.17) is 11.6 Å². The molecule has 1 aromatic carbocycles. The topological polar surface area (TPSA) is 25.8 Å². The molecule has 0 aliphatic heterocycles. The first-order valence-corrected chi connectivity index (χ1v) is 4.44. The normalized spacial score (nSPS) is 10.7. The quantitative estimate of drug-likeness (QED) is 0.642. The summed E-state index contributed by atoms with van der Waals surface area (Å²) in [4.78, 5) is 0. The summed E-state index contributed by atoms with van der Waals surface area (Å²) >= 11 is 6.11. The lowest BCUT2D eigenvalue weighted by atomic mass is 10.1. The largest absolute Gasteiger partial charge is 0.158 e. The van der Waals surface area contributed by atoms with Gasteiger partial charge in [0.1, 0.15) is 0 Å². The molecule has 0 aliphatic rings. The number of hydrogen-bond donors (Lipinski definition) is 0. The standard InChI is InChI=1S/C10H9ClN2/c1-6-3-8-4-12-13-5-9(8)7(2)10(6)11/h3-5H,1-2H3. The third kappa shape index (κ3) is 1.27. The molecule has 0 bridgehead atoms. The third-order valence-electron chi connectivity index (χ3n) is 2.21. The van der Waals surface area contributed by atoms with E-state index in [0.29, 0.717) is 0 Å². The van der Waals surface area contributed by atoms with E-state index in [0.717, 1.165) is 26.9 Å². The van der Waals surface area contributed by atoms with Crippen LogP contribution in [-0.4, -0.2) is 10.2 Å². The molecule has 2 aromatic rings. The molecule has 1 heterocycles. The van der Waals surface area contributed by atoms with Crippen molar-refractivity contribution in [1.82, 2.24) is 10.2 Å². The van der Waals surface area contributed by atoms with Gasteiger partial charge in [0.05, 0.1) is 12.4 Å². The fourth-order valence-electron chi connectivity index (χ4n) is 1.47. The fourth-order valence-corrected chi connectivity index (χ4v) is 1.63. The van der Waals surface area contributed by atoms with Crippen LogP contribution in [-0.2, 0) is 0 Å². The molecule has 0 saturated heterocycles. The van der Waals surface area contributed by atoms with Crippen LogP contribution < -0.4 is 0 Å². The summed E-state index contributed by atoms with van der Waals surface area (Å²) in [5.41, 5.74) is 2.16. The molecule has 66 valence electrons. The first-order chi connectivity index (χ1) is 6.20. The van der Waals surface area contributed by atoms with E-state index in [-0.39, 0.29) is 0 Å². The average Bonchev–Trinajstić information content (AvgIpc) is 2.15. The highest BCUT2D eigenvalue weighted by Crippen LogP contribution is 2.27.